The van der Waals surface area contributed by atoms with Crippen LogP contribution in [0.4, 0.5) is 0 Å². The monoisotopic (exact) mass is 236 g/mol. The first-order valence-electron chi connectivity index (χ1n) is 6.47. The van der Waals surface area contributed by atoms with E-state index < -0.39 is 0 Å². The van der Waals surface area contributed by atoms with Crippen LogP contribution < -0.4 is 5.32 Å². The Morgan fingerprint density at radius 2 is 2.06 bits per heavy atom. The summed E-state index contributed by atoms with van der Waals surface area (Å²) >= 11 is 1.76. The summed E-state index contributed by atoms with van der Waals surface area (Å²) in [5.74, 6) is 2.01. The Balaban J connectivity index is 1.44. The second-order valence-corrected chi connectivity index (χ2v) is 6.32. The van der Waals surface area contributed by atoms with Gasteiger partial charge in [-0.05, 0) is 44.4 Å². The van der Waals surface area contributed by atoms with Crippen molar-refractivity contribution in [1.29, 1.82) is 0 Å². The highest BCUT2D eigenvalue weighted by Crippen LogP contribution is 2.44. The van der Waals surface area contributed by atoms with Crippen LogP contribution in [0.1, 0.15) is 36.4 Å². The molecule has 2 nitrogen and oxygen atoms in total. The Bertz CT molecular complexity index is 341. The maximum Gasteiger partial charge on any atom is 0.0897 e. The van der Waals surface area contributed by atoms with Gasteiger partial charge in [0, 0.05) is 24.4 Å². The molecule has 0 bridgehead atoms. The molecular weight excluding hydrogens is 216 g/mol. The Hall–Kier alpha value is -0.410. The zero-order chi connectivity index (χ0) is 11.0. The lowest BCUT2D eigenvalue weighted by Crippen LogP contribution is -2.34. The van der Waals surface area contributed by atoms with Gasteiger partial charge in [-0.25, -0.2) is 4.98 Å². The quantitative estimate of drug-likeness (QED) is 0.821. The molecule has 0 spiro atoms. The van der Waals surface area contributed by atoms with Gasteiger partial charge in [0.05, 0.1) is 10.7 Å². The highest BCUT2D eigenvalue weighted by molar-refractivity contribution is 7.09. The minimum atomic E-state index is 0.833. The van der Waals surface area contributed by atoms with Crippen molar-refractivity contribution < 1.29 is 0 Å². The Kier molecular flexibility index (Phi) is 2.99. The van der Waals surface area contributed by atoms with Crippen molar-refractivity contribution >= 4 is 11.3 Å². The molecule has 2 saturated carbocycles. The molecule has 0 saturated heterocycles. The Morgan fingerprint density at radius 1 is 1.38 bits per heavy atom. The van der Waals surface area contributed by atoms with E-state index in [0.717, 1.165) is 30.8 Å². The molecule has 1 aromatic heterocycles. The smallest absolute Gasteiger partial charge is 0.0897 e. The molecule has 3 heteroatoms. The predicted molar refractivity (Wildman–Crippen MR) is 67.8 cm³/mol. The molecule has 0 amide bonds. The first-order chi connectivity index (χ1) is 7.83. The van der Waals surface area contributed by atoms with E-state index >= 15 is 0 Å². The molecule has 2 aliphatic carbocycles. The third-order valence-electron chi connectivity index (χ3n) is 3.69. The van der Waals surface area contributed by atoms with E-state index in [-0.39, 0.29) is 0 Å². The van der Waals surface area contributed by atoms with E-state index in [9.17, 15) is 0 Å². The second-order valence-electron chi connectivity index (χ2n) is 5.26. The number of aryl methyl sites for hydroxylation is 1. The fourth-order valence-corrected chi connectivity index (χ4v) is 3.17. The first-order valence-corrected chi connectivity index (χ1v) is 7.35. The van der Waals surface area contributed by atoms with E-state index in [1.807, 2.05) is 0 Å². The number of hydrogen-bond donors (Lipinski definition) is 1. The van der Waals surface area contributed by atoms with Gasteiger partial charge < -0.3 is 5.32 Å². The lowest BCUT2D eigenvalue weighted by atomic mass is 10.1. The van der Waals surface area contributed by atoms with Crippen LogP contribution in [-0.2, 0) is 6.42 Å². The molecule has 88 valence electrons. The highest BCUT2D eigenvalue weighted by atomic mass is 32.1. The van der Waals surface area contributed by atoms with Crippen LogP contribution in [0.3, 0.4) is 0 Å². The molecule has 0 atom stereocenters. The maximum atomic E-state index is 4.51. The van der Waals surface area contributed by atoms with Crippen LogP contribution in [0, 0.1) is 18.8 Å². The van der Waals surface area contributed by atoms with Gasteiger partial charge >= 0.3 is 0 Å². The molecule has 16 heavy (non-hydrogen) atoms. The minimum absolute atomic E-state index is 0.833. The van der Waals surface area contributed by atoms with Gasteiger partial charge in [0.1, 0.15) is 0 Å². The standard InChI is InChI=1S/C13H20N2S/c1-9-15-12(8-16-9)6-7-14-13(10-2-3-10)11-4-5-11/h8,10-11,13-14H,2-7H2,1H3. The van der Waals surface area contributed by atoms with Gasteiger partial charge in [-0.2, -0.15) is 0 Å². The number of thiazole rings is 1. The Labute approximate surface area is 101 Å². The number of rotatable bonds is 6. The molecule has 1 heterocycles. The van der Waals surface area contributed by atoms with Gasteiger partial charge in [-0.15, -0.1) is 11.3 Å². The second kappa shape index (κ2) is 4.46. The molecule has 2 fully saturated rings. The van der Waals surface area contributed by atoms with Crippen molar-refractivity contribution in [2.45, 2.75) is 45.1 Å². The van der Waals surface area contributed by atoms with E-state index in [1.165, 1.54) is 36.4 Å². The van der Waals surface area contributed by atoms with Crippen LogP contribution in [0.25, 0.3) is 0 Å². The normalized spacial score (nSPS) is 20.6. The van der Waals surface area contributed by atoms with Gasteiger partial charge in [-0.1, -0.05) is 0 Å². The van der Waals surface area contributed by atoms with Crippen LogP contribution in [0.5, 0.6) is 0 Å². The molecule has 0 unspecified atom stereocenters. The van der Waals surface area contributed by atoms with Crippen molar-refractivity contribution in [3.63, 3.8) is 0 Å². The third kappa shape index (κ3) is 2.64. The molecule has 3 rings (SSSR count). The summed E-state index contributed by atoms with van der Waals surface area (Å²) in [6.45, 7) is 3.19. The van der Waals surface area contributed by atoms with E-state index in [2.05, 4.69) is 22.6 Å². The molecular formula is C13H20N2S. The fourth-order valence-electron chi connectivity index (χ4n) is 2.52. The zero-order valence-electron chi connectivity index (χ0n) is 9.91. The van der Waals surface area contributed by atoms with Crippen LogP contribution in [0.2, 0.25) is 0 Å². The largest absolute Gasteiger partial charge is 0.313 e. The topological polar surface area (TPSA) is 24.9 Å². The van der Waals surface area contributed by atoms with E-state index in [0.29, 0.717) is 0 Å². The summed E-state index contributed by atoms with van der Waals surface area (Å²) < 4.78 is 0. The Morgan fingerprint density at radius 3 is 2.56 bits per heavy atom. The van der Waals surface area contributed by atoms with Crippen LogP contribution >= 0.6 is 11.3 Å². The van der Waals surface area contributed by atoms with Gasteiger partial charge in [0.25, 0.3) is 0 Å². The summed E-state index contributed by atoms with van der Waals surface area (Å²) in [6, 6.07) is 0.833. The molecule has 0 radical (unpaired) electrons. The maximum absolute atomic E-state index is 4.51. The molecule has 0 aromatic carbocycles. The first kappa shape index (κ1) is 10.7. The molecule has 0 aliphatic heterocycles. The minimum Gasteiger partial charge on any atom is -0.313 e. The SMILES string of the molecule is Cc1nc(CCNC(C2CC2)C2CC2)cs1. The van der Waals surface area contributed by atoms with Gasteiger partial charge in [-0.3, -0.25) is 0 Å². The third-order valence-corrected chi connectivity index (χ3v) is 4.51. The van der Waals surface area contributed by atoms with Crippen molar-refractivity contribution in [1.82, 2.24) is 10.3 Å². The van der Waals surface area contributed by atoms with Crippen LogP contribution in [0.15, 0.2) is 5.38 Å². The van der Waals surface area contributed by atoms with Crippen LogP contribution in [-0.4, -0.2) is 17.6 Å². The number of aromatic nitrogens is 1. The highest BCUT2D eigenvalue weighted by Gasteiger charge is 2.40. The lowest BCUT2D eigenvalue weighted by Gasteiger charge is -2.17. The number of hydrogen-bond acceptors (Lipinski definition) is 3. The zero-order valence-corrected chi connectivity index (χ0v) is 10.7. The summed E-state index contributed by atoms with van der Waals surface area (Å²) in [5, 5.41) is 7.15. The van der Waals surface area contributed by atoms with Crippen molar-refractivity contribution in [2.24, 2.45) is 11.8 Å². The summed E-state index contributed by atoms with van der Waals surface area (Å²) in [7, 11) is 0. The summed E-state index contributed by atoms with van der Waals surface area (Å²) in [6.07, 6.45) is 6.95. The van der Waals surface area contributed by atoms with Crippen molar-refractivity contribution in [2.75, 3.05) is 6.54 Å². The molecule has 1 N–H and O–H groups in total. The van der Waals surface area contributed by atoms with Gasteiger partial charge in [0.2, 0.25) is 0 Å². The molecule has 2 aliphatic rings. The van der Waals surface area contributed by atoms with E-state index in [4.69, 9.17) is 0 Å². The molecule has 1 aromatic rings. The lowest BCUT2D eigenvalue weighted by molar-refractivity contribution is 0.419. The predicted octanol–water partition coefficient (Wildman–Crippen LogP) is 2.77. The van der Waals surface area contributed by atoms with Crippen molar-refractivity contribution in [3.05, 3.63) is 16.1 Å². The number of nitrogens with zero attached hydrogens (tertiary/aromatic N) is 1. The average molecular weight is 236 g/mol. The summed E-state index contributed by atoms with van der Waals surface area (Å²) in [5.41, 5.74) is 1.26. The average Bonchev–Trinajstić information content (AvgIpc) is 3.15. The fraction of sp³-hybridized carbons (Fsp3) is 0.769. The van der Waals surface area contributed by atoms with E-state index in [1.54, 1.807) is 11.3 Å². The number of nitrogens with one attached hydrogen (secondary N) is 1. The summed E-state index contributed by atoms with van der Waals surface area (Å²) in [4.78, 5) is 4.51. The van der Waals surface area contributed by atoms with Gasteiger partial charge in [0.15, 0.2) is 0 Å². The van der Waals surface area contributed by atoms with Crippen molar-refractivity contribution in [3.8, 4) is 0 Å².